The first-order valence-electron chi connectivity index (χ1n) is 11.2. The third kappa shape index (κ3) is 5.08. The highest BCUT2D eigenvalue weighted by Gasteiger charge is 2.20. The Morgan fingerprint density at radius 1 is 0.970 bits per heavy atom. The van der Waals surface area contributed by atoms with Gasteiger partial charge < -0.3 is 14.8 Å². The number of aromatic nitrogens is 6. The number of hydrogen-bond acceptors (Lipinski definition) is 6. The molecule has 5 rings (SSSR count). The van der Waals surface area contributed by atoms with Crippen LogP contribution in [0, 0.1) is 0 Å². The summed E-state index contributed by atoms with van der Waals surface area (Å²) in [6.07, 6.45) is 5.62. The van der Waals surface area contributed by atoms with Crippen LogP contribution >= 0.6 is 0 Å². The second kappa shape index (κ2) is 9.64. The lowest BCUT2D eigenvalue weighted by Gasteiger charge is -2.22. The topological polar surface area (TPSA) is 95.8 Å². The first kappa shape index (κ1) is 20.9. The number of carbonyl (C=O) groups excluding carboxylic acids is 1. The number of tetrazole rings is 1. The van der Waals surface area contributed by atoms with E-state index in [1.54, 1.807) is 17.4 Å². The Morgan fingerprint density at radius 3 is 2.45 bits per heavy atom. The van der Waals surface area contributed by atoms with Crippen LogP contribution in [-0.4, -0.2) is 54.1 Å². The zero-order chi connectivity index (χ0) is 22.5. The molecule has 33 heavy (non-hydrogen) atoms. The zero-order valence-electron chi connectivity index (χ0n) is 18.3. The fourth-order valence-corrected chi connectivity index (χ4v) is 4.03. The largest absolute Gasteiger partial charge is 0.347 e. The third-order valence-corrected chi connectivity index (χ3v) is 5.81. The van der Waals surface area contributed by atoms with Gasteiger partial charge in [0, 0.05) is 25.8 Å². The van der Waals surface area contributed by atoms with Crippen LogP contribution < -0.4 is 4.90 Å². The molecule has 1 aliphatic heterocycles. The molecule has 1 fully saturated rings. The number of benzene rings is 2. The molecule has 2 aromatic heterocycles. The van der Waals surface area contributed by atoms with Gasteiger partial charge in [-0.1, -0.05) is 59.7 Å². The average Bonchev–Trinajstić information content (AvgIpc) is 3.63. The molecule has 0 saturated carbocycles. The van der Waals surface area contributed by atoms with Crippen LogP contribution in [0.25, 0.3) is 11.1 Å². The molecule has 1 N–H and O–H groups in total. The van der Waals surface area contributed by atoms with Crippen LogP contribution in [0.3, 0.4) is 0 Å². The summed E-state index contributed by atoms with van der Waals surface area (Å²) in [5.74, 6) is 0.513. The number of amides is 1. The van der Waals surface area contributed by atoms with E-state index >= 15 is 0 Å². The molecule has 1 saturated heterocycles. The van der Waals surface area contributed by atoms with E-state index in [0.29, 0.717) is 19.0 Å². The Balaban J connectivity index is 1.29. The summed E-state index contributed by atoms with van der Waals surface area (Å²) in [5, 5.41) is 12.6. The van der Waals surface area contributed by atoms with Crippen molar-refractivity contribution < 1.29 is 4.79 Å². The number of nitrogens with zero attached hydrogens (tertiary/aromatic N) is 7. The summed E-state index contributed by atoms with van der Waals surface area (Å²) in [5.41, 5.74) is 4.23. The fraction of sp³-hybridized carbons (Fsp3) is 0.292. The second-order valence-corrected chi connectivity index (χ2v) is 8.20. The minimum atomic E-state index is -0.0814. The number of aromatic amines is 1. The summed E-state index contributed by atoms with van der Waals surface area (Å²) < 4.78 is 0. The minimum Gasteiger partial charge on any atom is -0.347 e. The molecule has 1 amide bonds. The van der Waals surface area contributed by atoms with Gasteiger partial charge in [0.1, 0.15) is 6.54 Å². The van der Waals surface area contributed by atoms with Crippen molar-refractivity contribution in [2.75, 3.05) is 18.0 Å². The lowest BCUT2D eigenvalue weighted by Crippen LogP contribution is -2.33. The molecule has 9 heteroatoms. The molecule has 0 spiro atoms. The van der Waals surface area contributed by atoms with E-state index in [2.05, 4.69) is 66.7 Å². The monoisotopic (exact) mass is 442 g/mol. The van der Waals surface area contributed by atoms with Gasteiger partial charge in [0.15, 0.2) is 0 Å². The molecule has 168 valence electrons. The van der Waals surface area contributed by atoms with Gasteiger partial charge in [-0.15, -0.1) is 5.10 Å². The molecule has 4 aromatic rings. The van der Waals surface area contributed by atoms with Crippen LogP contribution in [0.5, 0.6) is 0 Å². The molecule has 0 atom stereocenters. The van der Waals surface area contributed by atoms with E-state index in [4.69, 9.17) is 0 Å². The van der Waals surface area contributed by atoms with Crippen LogP contribution in [0.1, 0.15) is 24.1 Å². The van der Waals surface area contributed by atoms with Crippen LogP contribution in [-0.2, 0) is 24.4 Å². The molecule has 1 aliphatic rings. The summed E-state index contributed by atoms with van der Waals surface area (Å²) in [6.45, 7) is 2.81. The van der Waals surface area contributed by atoms with Crippen molar-refractivity contribution in [3.05, 3.63) is 78.4 Å². The number of imidazole rings is 1. The van der Waals surface area contributed by atoms with E-state index in [9.17, 15) is 4.79 Å². The van der Waals surface area contributed by atoms with Gasteiger partial charge in [0.2, 0.25) is 5.91 Å². The highest BCUT2D eigenvalue weighted by Crippen LogP contribution is 2.20. The van der Waals surface area contributed by atoms with Crippen LogP contribution in [0.4, 0.5) is 5.95 Å². The number of nitrogens with one attached hydrogen (secondary N) is 1. The molecular formula is C24H26N8O. The molecule has 0 unspecified atom stereocenters. The first-order valence-corrected chi connectivity index (χ1v) is 11.2. The van der Waals surface area contributed by atoms with Gasteiger partial charge in [-0.25, -0.2) is 4.98 Å². The standard InChI is InChI=1S/C24H26N8O/c33-23(17-32-28-24(27-29-32)30-12-4-5-13-30)31(16-22-14-25-18-26-22)15-19-8-10-21(11-9-19)20-6-2-1-3-7-20/h1-3,6-11,14,18H,4-5,12-13,15-17H2,(H,25,26). The summed E-state index contributed by atoms with van der Waals surface area (Å²) in [4.78, 5) is 25.6. The lowest BCUT2D eigenvalue weighted by molar-refractivity contribution is -0.133. The number of hydrogen-bond donors (Lipinski definition) is 1. The van der Waals surface area contributed by atoms with Crippen LogP contribution in [0.15, 0.2) is 67.1 Å². The molecular weight excluding hydrogens is 416 g/mol. The Morgan fingerprint density at radius 2 is 1.73 bits per heavy atom. The predicted molar refractivity (Wildman–Crippen MR) is 124 cm³/mol. The smallest absolute Gasteiger partial charge is 0.266 e. The zero-order valence-corrected chi connectivity index (χ0v) is 18.3. The van der Waals surface area contributed by atoms with Gasteiger partial charge in [-0.05, 0) is 34.7 Å². The maximum Gasteiger partial charge on any atom is 0.266 e. The predicted octanol–water partition coefficient (Wildman–Crippen LogP) is 2.89. The minimum absolute atomic E-state index is 0.0388. The fourth-order valence-electron chi connectivity index (χ4n) is 4.03. The van der Waals surface area contributed by atoms with Crippen molar-refractivity contribution in [3.63, 3.8) is 0 Å². The van der Waals surface area contributed by atoms with E-state index < -0.39 is 0 Å². The Bertz CT molecular complexity index is 1160. The third-order valence-electron chi connectivity index (χ3n) is 5.81. The van der Waals surface area contributed by atoms with E-state index in [0.717, 1.165) is 42.8 Å². The van der Waals surface area contributed by atoms with Gasteiger partial charge in [0.05, 0.1) is 18.6 Å². The van der Waals surface area contributed by atoms with Crippen molar-refractivity contribution in [1.82, 2.24) is 35.1 Å². The SMILES string of the molecule is O=C(Cn1nnc(N2CCCC2)n1)N(Cc1ccc(-c2ccccc2)cc1)Cc1cnc[nH]1. The van der Waals surface area contributed by atoms with Crippen molar-refractivity contribution in [1.29, 1.82) is 0 Å². The van der Waals surface area contributed by atoms with E-state index in [1.807, 2.05) is 18.2 Å². The number of carbonyl (C=O) groups is 1. The van der Waals surface area contributed by atoms with Gasteiger partial charge in [0.25, 0.3) is 5.95 Å². The number of rotatable bonds is 8. The average molecular weight is 443 g/mol. The van der Waals surface area contributed by atoms with Crippen LogP contribution in [0.2, 0.25) is 0 Å². The Hall–Kier alpha value is -4.01. The van der Waals surface area contributed by atoms with Crippen molar-refractivity contribution in [3.8, 4) is 11.1 Å². The highest BCUT2D eigenvalue weighted by molar-refractivity contribution is 5.75. The quantitative estimate of drug-likeness (QED) is 0.451. The van der Waals surface area contributed by atoms with Crippen molar-refractivity contribution in [2.24, 2.45) is 0 Å². The molecule has 2 aromatic carbocycles. The summed E-state index contributed by atoms with van der Waals surface area (Å²) in [7, 11) is 0. The normalized spacial score (nSPS) is 13.4. The van der Waals surface area contributed by atoms with E-state index in [1.165, 1.54) is 10.4 Å². The second-order valence-electron chi connectivity index (χ2n) is 8.20. The number of anilines is 1. The lowest BCUT2D eigenvalue weighted by atomic mass is 10.0. The molecule has 9 nitrogen and oxygen atoms in total. The Kier molecular flexibility index (Phi) is 6.10. The highest BCUT2D eigenvalue weighted by atomic mass is 16.2. The maximum atomic E-state index is 13.2. The summed E-state index contributed by atoms with van der Waals surface area (Å²) in [6, 6.07) is 18.5. The number of H-pyrrole nitrogens is 1. The molecule has 0 aliphatic carbocycles. The maximum absolute atomic E-state index is 13.2. The van der Waals surface area contributed by atoms with Crippen molar-refractivity contribution >= 4 is 11.9 Å². The molecule has 3 heterocycles. The van der Waals surface area contributed by atoms with Gasteiger partial charge in [-0.3, -0.25) is 4.79 Å². The molecule has 0 bridgehead atoms. The summed E-state index contributed by atoms with van der Waals surface area (Å²) >= 11 is 0. The van der Waals surface area contributed by atoms with E-state index in [-0.39, 0.29) is 12.5 Å². The van der Waals surface area contributed by atoms with Gasteiger partial charge in [-0.2, -0.15) is 4.80 Å². The van der Waals surface area contributed by atoms with Crippen molar-refractivity contribution in [2.45, 2.75) is 32.5 Å². The Labute approximate surface area is 192 Å². The van der Waals surface area contributed by atoms with Gasteiger partial charge >= 0.3 is 0 Å². The first-order chi connectivity index (χ1) is 16.2. The molecule has 0 radical (unpaired) electrons.